The second-order valence-electron chi connectivity index (χ2n) is 4.55. The summed E-state index contributed by atoms with van der Waals surface area (Å²) in [6.07, 6.45) is 2.29. The molecular formula is C14H17N3O2. The number of nitrogens with zero attached hydrogens (tertiary/aromatic N) is 2. The van der Waals surface area contributed by atoms with E-state index in [1.165, 1.54) is 0 Å². The van der Waals surface area contributed by atoms with Gasteiger partial charge in [-0.05, 0) is 43.5 Å². The first-order valence-corrected chi connectivity index (χ1v) is 6.03. The number of hydrogen-bond donors (Lipinski definition) is 2. The summed E-state index contributed by atoms with van der Waals surface area (Å²) in [7, 11) is 0. The van der Waals surface area contributed by atoms with Crippen LogP contribution in [0.3, 0.4) is 0 Å². The van der Waals surface area contributed by atoms with Crippen molar-refractivity contribution in [2.75, 3.05) is 0 Å². The Bertz CT molecular complexity index is 581. The number of benzene rings is 1. The van der Waals surface area contributed by atoms with E-state index in [4.69, 9.17) is 10.3 Å². The van der Waals surface area contributed by atoms with Gasteiger partial charge in [0.05, 0.1) is 6.04 Å². The zero-order valence-electron chi connectivity index (χ0n) is 11.1. The van der Waals surface area contributed by atoms with Gasteiger partial charge in [0.25, 0.3) is 0 Å². The first kappa shape index (κ1) is 13.3. The summed E-state index contributed by atoms with van der Waals surface area (Å²) < 4.78 is 5.15. The van der Waals surface area contributed by atoms with Crippen molar-refractivity contribution in [2.45, 2.75) is 26.3 Å². The topological polar surface area (TPSA) is 85.2 Å². The van der Waals surface area contributed by atoms with E-state index in [0.29, 0.717) is 18.1 Å². The van der Waals surface area contributed by atoms with Gasteiger partial charge in [-0.2, -0.15) is 4.98 Å². The highest BCUT2D eigenvalue weighted by Gasteiger charge is 2.15. The predicted molar refractivity (Wildman–Crippen MR) is 72.6 cm³/mol. The van der Waals surface area contributed by atoms with Crippen LogP contribution >= 0.6 is 0 Å². The van der Waals surface area contributed by atoms with Crippen LogP contribution in [0.5, 0.6) is 5.75 Å². The van der Waals surface area contributed by atoms with Gasteiger partial charge in [-0.25, -0.2) is 0 Å². The van der Waals surface area contributed by atoms with Crippen LogP contribution in [0.25, 0.3) is 11.4 Å². The van der Waals surface area contributed by atoms with Crippen molar-refractivity contribution in [3.63, 3.8) is 0 Å². The zero-order valence-corrected chi connectivity index (χ0v) is 11.1. The lowest BCUT2D eigenvalue weighted by atomic mass is 10.1. The molecular weight excluding hydrogens is 242 g/mol. The zero-order chi connectivity index (χ0) is 14.0. The summed E-state index contributed by atoms with van der Waals surface area (Å²) in [4.78, 5) is 4.28. The molecule has 100 valence electrons. The minimum absolute atomic E-state index is 0.288. The Morgan fingerprint density at radius 3 is 2.63 bits per heavy atom. The Morgan fingerprint density at radius 2 is 2.05 bits per heavy atom. The fourth-order valence-corrected chi connectivity index (χ4v) is 1.87. The van der Waals surface area contributed by atoms with Crippen molar-refractivity contribution < 1.29 is 9.63 Å². The molecule has 5 nitrogen and oxygen atoms in total. The Labute approximate surface area is 111 Å². The highest BCUT2D eigenvalue weighted by Crippen LogP contribution is 2.28. The maximum absolute atomic E-state index is 9.75. The Hall–Kier alpha value is -2.14. The number of aryl methyl sites for hydroxylation is 2. The van der Waals surface area contributed by atoms with Crippen molar-refractivity contribution in [1.29, 1.82) is 0 Å². The van der Waals surface area contributed by atoms with E-state index in [1.807, 2.05) is 26.0 Å². The molecule has 0 fully saturated rings. The summed E-state index contributed by atoms with van der Waals surface area (Å²) in [5.41, 5.74) is 8.22. The first-order chi connectivity index (χ1) is 9.02. The second-order valence-corrected chi connectivity index (χ2v) is 4.55. The van der Waals surface area contributed by atoms with Crippen LogP contribution in [0.15, 0.2) is 29.3 Å². The van der Waals surface area contributed by atoms with Crippen LogP contribution in [0.4, 0.5) is 0 Å². The van der Waals surface area contributed by atoms with Crippen LogP contribution in [-0.2, 0) is 0 Å². The van der Waals surface area contributed by atoms with Gasteiger partial charge < -0.3 is 15.4 Å². The summed E-state index contributed by atoms with van der Waals surface area (Å²) in [5.74, 6) is 1.15. The number of phenolic OH excluding ortho intramolecular Hbond substituents is 1. The number of nitrogens with two attached hydrogens (primary N) is 1. The van der Waals surface area contributed by atoms with Gasteiger partial charge in [0.1, 0.15) is 5.75 Å². The molecule has 0 aliphatic carbocycles. The number of aromatic hydroxyl groups is 1. The highest BCUT2D eigenvalue weighted by molar-refractivity contribution is 5.60. The van der Waals surface area contributed by atoms with Gasteiger partial charge in [0, 0.05) is 5.56 Å². The van der Waals surface area contributed by atoms with E-state index in [9.17, 15) is 5.11 Å². The number of aromatic nitrogens is 2. The van der Waals surface area contributed by atoms with Crippen molar-refractivity contribution in [3.8, 4) is 17.1 Å². The SMILES string of the molecule is C=CCC(N)c1nc(-c2cc(C)c(O)c(C)c2)no1. The fourth-order valence-electron chi connectivity index (χ4n) is 1.87. The Kier molecular flexibility index (Phi) is 3.66. The van der Waals surface area contributed by atoms with E-state index in [0.717, 1.165) is 16.7 Å². The average molecular weight is 259 g/mol. The third-order valence-corrected chi connectivity index (χ3v) is 2.93. The largest absolute Gasteiger partial charge is 0.507 e. The number of hydrogen-bond acceptors (Lipinski definition) is 5. The molecule has 1 unspecified atom stereocenters. The molecule has 5 heteroatoms. The van der Waals surface area contributed by atoms with Gasteiger partial charge in [0.15, 0.2) is 0 Å². The minimum atomic E-state index is -0.335. The molecule has 0 amide bonds. The molecule has 2 rings (SSSR count). The highest BCUT2D eigenvalue weighted by atomic mass is 16.5. The maximum Gasteiger partial charge on any atom is 0.244 e. The van der Waals surface area contributed by atoms with Crippen LogP contribution in [-0.4, -0.2) is 15.2 Å². The molecule has 1 aromatic heterocycles. The molecule has 0 saturated carbocycles. The fraction of sp³-hybridized carbons (Fsp3) is 0.286. The van der Waals surface area contributed by atoms with E-state index < -0.39 is 0 Å². The van der Waals surface area contributed by atoms with E-state index in [-0.39, 0.29) is 11.8 Å². The third kappa shape index (κ3) is 2.66. The molecule has 0 aliphatic heterocycles. The van der Waals surface area contributed by atoms with Gasteiger partial charge in [-0.3, -0.25) is 0 Å². The predicted octanol–water partition coefficient (Wildman–Crippen LogP) is 2.63. The summed E-state index contributed by atoms with van der Waals surface area (Å²) in [5, 5.41) is 13.7. The number of phenols is 1. The molecule has 0 aliphatic rings. The number of rotatable bonds is 4. The lowest BCUT2D eigenvalue weighted by Gasteiger charge is -2.04. The van der Waals surface area contributed by atoms with E-state index in [2.05, 4.69) is 16.7 Å². The van der Waals surface area contributed by atoms with Crippen molar-refractivity contribution >= 4 is 0 Å². The Balaban J connectivity index is 2.35. The smallest absolute Gasteiger partial charge is 0.244 e. The van der Waals surface area contributed by atoms with Crippen LogP contribution in [0.2, 0.25) is 0 Å². The summed E-state index contributed by atoms with van der Waals surface area (Å²) in [6.45, 7) is 7.29. The van der Waals surface area contributed by atoms with Crippen LogP contribution < -0.4 is 5.73 Å². The van der Waals surface area contributed by atoms with Crippen molar-refractivity contribution in [2.24, 2.45) is 5.73 Å². The van der Waals surface area contributed by atoms with Crippen LogP contribution in [0.1, 0.15) is 29.5 Å². The molecule has 19 heavy (non-hydrogen) atoms. The molecule has 1 heterocycles. The molecule has 1 aromatic carbocycles. The molecule has 3 N–H and O–H groups in total. The van der Waals surface area contributed by atoms with Crippen molar-refractivity contribution in [1.82, 2.24) is 10.1 Å². The standard InChI is InChI=1S/C14H17N3O2/c1-4-5-11(15)14-16-13(17-19-14)10-6-8(2)12(18)9(3)7-10/h4,6-7,11,18H,1,5,15H2,2-3H3. The van der Waals surface area contributed by atoms with Gasteiger partial charge in [-0.15, -0.1) is 6.58 Å². The van der Waals surface area contributed by atoms with Gasteiger partial charge >= 0.3 is 0 Å². The minimum Gasteiger partial charge on any atom is -0.507 e. The molecule has 0 spiro atoms. The first-order valence-electron chi connectivity index (χ1n) is 6.03. The van der Waals surface area contributed by atoms with E-state index >= 15 is 0 Å². The Morgan fingerprint density at radius 1 is 1.42 bits per heavy atom. The molecule has 1 atom stereocenters. The quantitative estimate of drug-likeness (QED) is 0.824. The van der Waals surface area contributed by atoms with Gasteiger partial charge in [0.2, 0.25) is 11.7 Å². The maximum atomic E-state index is 9.75. The summed E-state index contributed by atoms with van der Waals surface area (Å²) >= 11 is 0. The van der Waals surface area contributed by atoms with Gasteiger partial charge in [-0.1, -0.05) is 11.2 Å². The molecule has 0 radical (unpaired) electrons. The molecule has 2 aromatic rings. The summed E-state index contributed by atoms with van der Waals surface area (Å²) in [6, 6.07) is 3.30. The molecule has 0 bridgehead atoms. The lowest BCUT2D eigenvalue weighted by molar-refractivity contribution is 0.356. The van der Waals surface area contributed by atoms with Crippen molar-refractivity contribution in [3.05, 3.63) is 41.8 Å². The monoisotopic (exact) mass is 259 g/mol. The normalized spacial score (nSPS) is 12.4. The second kappa shape index (κ2) is 5.24. The molecule has 0 saturated heterocycles. The lowest BCUT2D eigenvalue weighted by Crippen LogP contribution is -2.09. The third-order valence-electron chi connectivity index (χ3n) is 2.93. The van der Waals surface area contributed by atoms with E-state index in [1.54, 1.807) is 6.08 Å². The average Bonchev–Trinajstić information content (AvgIpc) is 2.85. The van der Waals surface area contributed by atoms with Crippen LogP contribution in [0, 0.1) is 13.8 Å².